The number of carbonyl (C=O) groups is 1. The minimum absolute atomic E-state index is 0.240. The van der Waals surface area contributed by atoms with Crippen molar-refractivity contribution >= 4 is 5.97 Å². The fourth-order valence-electron chi connectivity index (χ4n) is 2.73. The monoisotopic (exact) mass is 296 g/mol. The predicted molar refractivity (Wildman–Crippen MR) is 90.2 cm³/mol. The molecule has 0 saturated carbocycles. The van der Waals surface area contributed by atoms with Crippen molar-refractivity contribution in [1.82, 2.24) is 0 Å². The lowest BCUT2D eigenvalue weighted by Gasteiger charge is -2.19. The van der Waals surface area contributed by atoms with Crippen LogP contribution in [0.1, 0.15) is 66.3 Å². The Bertz CT molecular complexity index is 631. The summed E-state index contributed by atoms with van der Waals surface area (Å²) in [6.07, 6.45) is 0.748. The van der Waals surface area contributed by atoms with Crippen molar-refractivity contribution in [3.8, 4) is 0 Å². The third kappa shape index (κ3) is 3.56. The van der Waals surface area contributed by atoms with Crippen molar-refractivity contribution in [2.75, 3.05) is 0 Å². The number of aryl methyl sites for hydroxylation is 1. The summed E-state index contributed by atoms with van der Waals surface area (Å²) >= 11 is 0. The van der Waals surface area contributed by atoms with Crippen LogP contribution in [0.4, 0.5) is 0 Å². The Morgan fingerprint density at radius 1 is 1.05 bits per heavy atom. The van der Waals surface area contributed by atoms with Crippen LogP contribution < -0.4 is 0 Å². The third-order valence-electron chi connectivity index (χ3n) is 4.20. The highest BCUT2D eigenvalue weighted by Crippen LogP contribution is 2.28. The van der Waals surface area contributed by atoms with Crippen LogP contribution >= 0.6 is 0 Å². The minimum atomic E-state index is -0.251. The fourth-order valence-corrected chi connectivity index (χ4v) is 2.73. The number of rotatable bonds is 5. The Morgan fingerprint density at radius 3 is 2.36 bits per heavy atom. The smallest absolute Gasteiger partial charge is 0.339 e. The topological polar surface area (TPSA) is 26.3 Å². The zero-order valence-electron chi connectivity index (χ0n) is 13.8. The Kier molecular flexibility index (Phi) is 5.37. The number of hydrogen-bond acceptors (Lipinski definition) is 2. The molecule has 0 saturated heterocycles. The van der Waals surface area contributed by atoms with Crippen LogP contribution in [-0.4, -0.2) is 5.97 Å². The largest absolute Gasteiger partial charge is 0.454 e. The first kappa shape index (κ1) is 16.3. The standard InChI is InChI=1S/C20H24O2/c1-5-14(2)19-15(3)10-9-13-18(19)20(21)22-16(4)17-11-7-6-8-12-17/h6-14,16H,5H2,1-4H3. The molecule has 2 unspecified atom stereocenters. The van der Waals surface area contributed by atoms with Gasteiger partial charge < -0.3 is 4.74 Å². The molecule has 2 aromatic rings. The lowest BCUT2D eigenvalue weighted by atomic mass is 9.90. The second kappa shape index (κ2) is 7.26. The van der Waals surface area contributed by atoms with Gasteiger partial charge in [-0.3, -0.25) is 0 Å². The molecule has 0 fully saturated rings. The molecule has 0 amide bonds. The molecule has 2 aromatic carbocycles. The lowest BCUT2D eigenvalue weighted by molar-refractivity contribution is 0.0336. The molecule has 0 aliphatic heterocycles. The van der Waals surface area contributed by atoms with Crippen LogP contribution in [0, 0.1) is 6.92 Å². The van der Waals surface area contributed by atoms with E-state index in [0.29, 0.717) is 11.5 Å². The summed E-state index contributed by atoms with van der Waals surface area (Å²) in [4.78, 5) is 12.6. The molecule has 0 bridgehead atoms. The van der Waals surface area contributed by atoms with Crippen molar-refractivity contribution in [3.05, 3.63) is 70.8 Å². The summed E-state index contributed by atoms with van der Waals surface area (Å²) in [6, 6.07) is 15.7. The van der Waals surface area contributed by atoms with Crippen LogP contribution in [0.15, 0.2) is 48.5 Å². The second-order valence-electron chi connectivity index (χ2n) is 5.80. The van der Waals surface area contributed by atoms with Gasteiger partial charge >= 0.3 is 5.97 Å². The number of benzene rings is 2. The van der Waals surface area contributed by atoms with Crippen LogP contribution in [0.5, 0.6) is 0 Å². The predicted octanol–water partition coefficient (Wildman–Crippen LogP) is 5.43. The lowest BCUT2D eigenvalue weighted by Crippen LogP contribution is -2.13. The molecule has 0 aliphatic carbocycles. The molecule has 0 radical (unpaired) electrons. The average Bonchev–Trinajstić information content (AvgIpc) is 2.54. The Hall–Kier alpha value is -2.09. The summed E-state index contributed by atoms with van der Waals surface area (Å²) in [5, 5.41) is 0. The maximum atomic E-state index is 12.6. The molecular formula is C20H24O2. The van der Waals surface area contributed by atoms with Gasteiger partial charge in [0.1, 0.15) is 6.10 Å². The van der Waals surface area contributed by atoms with Gasteiger partial charge in [0.2, 0.25) is 0 Å². The number of carbonyl (C=O) groups excluding carboxylic acids is 1. The van der Waals surface area contributed by atoms with Gasteiger partial charge in [-0.05, 0) is 48.9 Å². The summed E-state index contributed by atoms with van der Waals surface area (Å²) < 4.78 is 5.67. The van der Waals surface area contributed by atoms with E-state index in [1.165, 1.54) is 0 Å². The van der Waals surface area contributed by atoms with Gasteiger partial charge in [-0.15, -0.1) is 0 Å². The normalized spacial score (nSPS) is 13.5. The molecule has 2 heteroatoms. The summed E-state index contributed by atoms with van der Waals surface area (Å²) in [5.41, 5.74) is 3.96. The van der Waals surface area contributed by atoms with Crippen molar-refractivity contribution in [3.63, 3.8) is 0 Å². The second-order valence-corrected chi connectivity index (χ2v) is 5.80. The van der Waals surface area contributed by atoms with E-state index in [-0.39, 0.29) is 12.1 Å². The van der Waals surface area contributed by atoms with Crippen molar-refractivity contribution in [1.29, 1.82) is 0 Å². The molecule has 22 heavy (non-hydrogen) atoms. The van der Waals surface area contributed by atoms with Gasteiger partial charge in [0.25, 0.3) is 0 Å². The summed E-state index contributed by atoms with van der Waals surface area (Å²) in [7, 11) is 0. The van der Waals surface area contributed by atoms with E-state index in [0.717, 1.165) is 23.1 Å². The summed E-state index contributed by atoms with van der Waals surface area (Å²) in [6.45, 7) is 8.25. The molecule has 0 aliphatic rings. The van der Waals surface area contributed by atoms with Gasteiger partial charge in [0.05, 0.1) is 5.56 Å². The van der Waals surface area contributed by atoms with Crippen molar-refractivity contribution in [2.24, 2.45) is 0 Å². The van der Waals surface area contributed by atoms with Gasteiger partial charge in [-0.2, -0.15) is 0 Å². The Balaban J connectivity index is 2.25. The molecule has 0 N–H and O–H groups in total. The average molecular weight is 296 g/mol. The first-order valence-corrected chi connectivity index (χ1v) is 7.90. The third-order valence-corrected chi connectivity index (χ3v) is 4.20. The molecule has 2 nitrogen and oxygen atoms in total. The van der Waals surface area contributed by atoms with Gasteiger partial charge in [0.15, 0.2) is 0 Å². The minimum Gasteiger partial charge on any atom is -0.454 e. The zero-order chi connectivity index (χ0) is 16.1. The van der Waals surface area contributed by atoms with E-state index in [4.69, 9.17) is 4.74 Å². The SMILES string of the molecule is CCC(C)c1c(C)cccc1C(=O)OC(C)c1ccccc1. The molecule has 2 rings (SSSR count). The number of hydrogen-bond donors (Lipinski definition) is 0. The quantitative estimate of drug-likeness (QED) is 0.688. The first-order valence-electron chi connectivity index (χ1n) is 7.90. The van der Waals surface area contributed by atoms with Crippen molar-refractivity contribution < 1.29 is 9.53 Å². The van der Waals surface area contributed by atoms with Crippen LogP contribution in [0.2, 0.25) is 0 Å². The van der Waals surface area contributed by atoms with Crippen molar-refractivity contribution in [2.45, 2.75) is 46.1 Å². The zero-order valence-corrected chi connectivity index (χ0v) is 13.8. The highest BCUT2D eigenvalue weighted by Gasteiger charge is 2.20. The van der Waals surface area contributed by atoms with E-state index >= 15 is 0 Å². The van der Waals surface area contributed by atoms with Crippen LogP contribution in [0.25, 0.3) is 0 Å². The highest BCUT2D eigenvalue weighted by molar-refractivity contribution is 5.92. The van der Waals surface area contributed by atoms with E-state index in [2.05, 4.69) is 26.8 Å². The van der Waals surface area contributed by atoms with E-state index in [1.54, 1.807) is 0 Å². The maximum Gasteiger partial charge on any atom is 0.339 e. The number of ether oxygens (including phenoxy) is 1. The van der Waals surface area contributed by atoms with E-state index < -0.39 is 0 Å². The fraction of sp³-hybridized carbons (Fsp3) is 0.350. The molecule has 0 heterocycles. The first-order chi connectivity index (χ1) is 10.5. The van der Waals surface area contributed by atoms with Crippen LogP contribution in [-0.2, 0) is 4.74 Å². The molecular weight excluding hydrogens is 272 g/mol. The molecule has 0 spiro atoms. The van der Waals surface area contributed by atoms with E-state index in [9.17, 15) is 4.79 Å². The Morgan fingerprint density at radius 2 is 1.73 bits per heavy atom. The van der Waals surface area contributed by atoms with E-state index in [1.807, 2.05) is 49.4 Å². The van der Waals surface area contributed by atoms with Gasteiger partial charge in [-0.25, -0.2) is 4.79 Å². The van der Waals surface area contributed by atoms with Gasteiger partial charge in [0, 0.05) is 0 Å². The van der Waals surface area contributed by atoms with Crippen LogP contribution in [0.3, 0.4) is 0 Å². The van der Waals surface area contributed by atoms with Gasteiger partial charge in [-0.1, -0.05) is 56.3 Å². The molecule has 2 atom stereocenters. The molecule has 0 aromatic heterocycles. The summed E-state index contributed by atoms with van der Waals surface area (Å²) in [5.74, 6) is 0.103. The maximum absolute atomic E-state index is 12.6. The highest BCUT2D eigenvalue weighted by atomic mass is 16.5. The molecule has 116 valence electrons. The number of esters is 1. The Labute approximate surface area is 133 Å².